The van der Waals surface area contributed by atoms with Gasteiger partial charge in [-0.2, -0.15) is 13.2 Å². The molecular weight excluding hydrogens is 404 g/mol. The van der Waals surface area contributed by atoms with Crippen molar-refractivity contribution in [2.75, 3.05) is 13.2 Å². The van der Waals surface area contributed by atoms with E-state index in [1.807, 2.05) is 0 Å². The maximum atomic E-state index is 13.4. The fourth-order valence-corrected chi connectivity index (χ4v) is 3.73. The van der Waals surface area contributed by atoms with Gasteiger partial charge < -0.3 is 4.74 Å². The molecule has 0 spiro atoms. The summed E-state index contributed by atoms with van der Waals surface area (Å²) in [7, 11) is 0. The van der Waals surface area contributed by atoms with Gasteiger partial charge in [-0.1, -0.05) is 97.8 Å². The third-order valence-corrected chi connectivity index (χ3v) is 5.99. The standard InChI is InChI=1S/C26H50F4O/c1-24(2,3)20-19-23-31-22-18-16-14-12-10-8-6-5-7-9-11-13-15-17-21-25(4,27)26(28,29)30/h5-23H2,1-4H3. The summed E-state index contributed by atoms with van der Waals surface area (Å²) in [6, 6.07) is 0. The van der Waals surface area contributed by atoms with Crippen molar-refractivity contribution < 1.29 is 22.3 Å². The molecule has 0 rings (SSSR count). The maximum absolute atomic E-state index is 13.4. The zero-order valence-electron chi connectivity index (χ0n) is 20.9. The van der Waals surface area contributed by atoms with Crippen molar-refractivity contribution in [1.82, 2.24) is 0 Å². The third-order valence-electron chi connectivity index (χ3n) is 5.99. The Balaban J connectivity index is 3.21. The molecule has 0 saturated carbocycles. The van der Waals surface area contributed by atoms with E-state index in [1.54, 1.807) is 0 Å². The zero-order valence-corrected chi connectivity index (χ0v) is 20.9. The summed E-state index contributed by atoms with van der Waals surface area (Å²) in [6.45, 7) is 9.26. The summed E-state index contributed by atoms with van der Waals surface area (Å²) in [5, 5.41) is 0. The first-order valence-corrected chi connectivity index (χ1v) is 12.8. The van der Waals surface area contributed by atoms with Crippen LogP contribution in [0.1, 0.15) is 137 Å². The quantitative estimate of drug-likeness (QED) is 0.131. The van der Waals surface area contributed by atoms with Crippen LogP contribution in [0.2, 0.25) is 0 Å². The Kier molecular flexibility index (Phi) is 17.0. The number of alkyl halides is 4. The number of hydrogen-bond donors (Lipinski definition) is 0. The third kappa shape index (κ3) is 20.0. The highest BCUT2D eigenvalue weighted by Gasteiger charge is 2.51. The fraction of sp³-hybridized carbons (Fsp3) is 1.00. The van der Waals surface area contributed by atoms with Crippen LogP contribution in [0, 0.1) is 5.41 Å². The zero-order chi connectivity index (χ0) is 23.6. The summed E-state index contributed by atoms with van der Waals surface area (Å²) in [6.07, 6.45) is 12.7. The number of rotatable bonds is 20. The van der Waals surface area contributed by atoms with Crippen LogP contribution in [0.4, 0.5) is 17.6 Å². The lowest BCUT2D eigenvalue weighted by Crippen LogP contribution is -2.37. The highest BCUT2D eigenvalue weighted by atomic mass is 19.4. The molecular formula is C26H50F4O. The molecule has 0 aromatic heterocycles. The summed E-state index contributed by atoms with van der Waals surface area (Å²) < 4.78 is 56.4. The van der Waals surface area contributed by atoms with Crippen molar-refractivity contribution in [3.8, 4) is 0 Å². The van der Waals surface area contributed by atoms with E-state index < -0.39 is 18.3 Å². The second-order valence-corrected chi connectivity index (χ2v) is 10.7. The van der Waals surface area contributed by atoms with Gasteiger partial charge in [-0.05, 0) is 44.4 Å². The van der Waals surface area contributed by atoms with E-state index in [2.05, 4.69) is 20.8 Å². The largest absolute Gasteiger partial charge is 0.422 e. The Morgan fingerprint density at radius 3 is 1.19 bits per heavy atom. The lowest BCUT2D eigenvalue weighted by atomic mass is 9.91. The Labute approximate surface area is 190 Å². The van der Waals surface area contributed by atoms with Crippen molar-refractivity contribution in [2.45, 2.75) is 149 Å². The lowest BCUT2D eigenvalue weighted by molar-refractivity contribution is -0.226. The van der Waals surface area contributed by atoms with Crippen LogP contribution < -0.4 is 0 Å². The Morgan fingerprint density at radius 1 is 0.452 bits per heavy atom. The molecule has 0 aromatic rings. The molecule has 5 heteroatoms. The monoisotopic (exact) mass is 454 g/mol. The van der Waals surface area contributed by atoms with Gasteiger partial charge in [-0.3, -0.25) is 0 Å². The highest BCUT2D eigenvalue weighted by molar-refractivity contribution is 4.81. The summed E-state index contributed by atoms with van der Waals surface area (Å²) in [5.74, 6) is 0. The first-order chi connectivity index (χ1) is 14.5. The summed E-state index contributed by atoms with van der Waals surface area (Å²) in [5.41, 5.74) is -2.63. The van der Waals surface area contributed by atoms with Crippen LogP contribution in [-0.2, 0) is 4.74 Å². The molecule has 0 bridgehead atoms. The minimum absolute atomic E-state index is 0.315. The van der Waals surface area contributed by atoms with Crippen LogP contribution in [0.3, 0.4) is 0 Å². The van der Waals surface area contributed by atoms with Gasteiger partial charge in [0.2, 0.25) is 5.67 Å². The molecule has 0 aliphatic heterocycles. The smallest absolute Gasteiger partial charge is 0.381 e. The van der Waals surface area contributed by atoms with E-state index in [1.165, 1.54) is 64.2 Å². The summed E-state index contributed by atoms with van der Waals surface area (Å²) in [4.78, 5) is 0. The Morgan fingerprint density at radius 2 is 0.806 bits per heavy atom. The normalized spacial score (nSPS) is 14.7. The average Bonchev–Trinajstić information content (AvgIpc) is 2.64. The second kappa shape index (κ2) is 17.2. The van der Waals surface area contributed by atoms with E-state index in [-0.39, 0.29) is 0 Å². The maximum Gasteiger partial charge on any atom is 0.422 e. The minimum atomic E-state index is -4.74. The number of ether oxygens (including phenoxy) is 1. The van der Waals surface area contributed by atoms with E-state index >= 15 is 0 Å². The molecule has 31 heavy (non-hydrogen) atoms. The molecule has 0 amide bonds. The Hall–Kier alpha value is -0.320. The van der Waals surface area contributed by atoms with Gasteiger partial charge in [0.1, 0.15) is 0 Å². The van der Waals surface area contributed by atoms with Crippen molar-refractivity contribution in [2.24, 2.45) is 5.41 Å². The number of hydrogen-bond acceptors (Lipinski definition) is 1. The predicted molar refractivity (Wildman–Crippen MR) is 124 cm³/mol. The molecule has 0 N–H and O–H groups in total. The minimum Gasteiger partial charge on any atom is -0.381 e. The van der Waals surface area contributed by atoms with Gasteiger partial charge in [-0.25, -0.2) is 4.39 Å². The topological polar surface area (TPSA) is 9.23 Å². The van der Waals surface area contributed by atoms with Gasteiger partial charge in [0.05, 0.1) is 0 Å². The number of unbranched alkanes of at least 4 members (excludes halogenated alkanes) is 13. The van der Waals surface area contributed by atoms with Crippen molar-refractivity contribution >= 4 is 0 Å². The van der Waals surface area contributed by atoms with Crippen molar-refractivity contribution in [3.05, 3.63) is 0 Å². The van der Waals surface area contributed by atoms with E-state index in [0.717, 1.165) is 38.9 Å². The molecule has 0 aliphatic rings. The first-order valence-electron chi connectivity index (χ1n) is 12.8. The lowest BCUT2D eigenvalue weighted by Gasteiger charge is -2.23. The molecule has 0 aromatic carbocycles. The molecule has 1 nitrogen and oxygen atoms in total. The average molecular weight is 455 g/mol. The van der Waals surface area contributed by atoms with Crippen LogP contribution >= 0.6 is 0 Å². The molecule has 0 fully saturated rings. The van der Waals surface area contributed by atoms with Crippen molar-refractivity contribution in [1.29, 1.82) is 0 Å². The molecule has 0 heterocycles. The van der Waals surface area contributed by atoms with Crippen LogP contribution in [0.25, 0.3) is 0 Å². The molecule has 1 atom stereocenters. The van der Waals surface area contributed by atoms with E-state index in [0.29, 0.717) is 25.2 Å². The predicted octanol–water partition coefficient (Wildman–Crippen LogP) is 9.97. The SMILES string of the molecule is CC(C)(C)CCCOCCCCCCCCCCCCCCCCC(C)(F)C(F)(F)F. The van der Waals surface area contributed by atoms with Gasteiger partial charge in [0.25, 0.3) is 0 Å². The Bertz CT molecular complexity index is 399. The second-order valence-electron chi connectivity index (χ2n) is 10.7. The van der Waals surface area contributed by atoms with Gasteiger partial charge in [0.15, 0.2) is 0 Å². The summed E-state index contributed by atoms with van der Waals surface area (Å²) >= 11 is 0. The van der Waals surface area contributed by atoms with Gasteiger partial charge >= 0.3 is 6.18 Å². The highest BCUT2D eigenvalue weighted by Crippen LogP contribution is 2.37. The van der Waals surface area contributed by atoms with Crippen LogP contribution in [-0.4, -0.2) is 25.1 Å². The van der Waals surface area contributed by atoms with Crippen molar-refractivity contribution in [3.63, 3.8) is 0 Å². The first kappa shape index (κ1) is 30.7. The van der Waals surface area contributed by atoms with Gasteiger partial charge in [-0.15, -0.1) is 0 Å². The number of halogens is 4. The molecule has 0 saturated heterocycles. The molecule has 0 aliphatic carbocycles. The van der Waals surface area contributed by atoms with Crippen LogP contribution in [0.15, 0.2) is 0 Å². The van der Waals surface area contributed by atoms with Crippen LogP contribution in [0.5, 0.6) is 0 Å². The molecule has 1 unspecified atom stereocenters. The van der Waals surface area contributed by atoms with E-state index in [9.17, 15) is 17.6 Å². The fourth-order valence-electron chi connectivity index (χ4n) is 3.73. The molecule has 188 valence electrons. The van der Waals surface area contributed by atoms with Gasteiger partial charge in [0, 0.05) is 13.2 Å². The molecule has 0 radical (unpaired) electrons. The van der Waals surface area contributed by atoms with E-state index in [4.69, 9.17) is 4.74 Å².